The summed E-state index contributed by atoms with van der Waals surface area (Å²) in [4.78, 5) is 27.1. The van der Waals surface area contributed by atoms with Crippen LogP contribution in [0.5, 0.6) is 0 Å². The number of hydrogen-bond acceptors (Lipinski definition) is 2. The van der Waals surface area contributed by atoms with Gasteiger partial charge in [0.2, 0.25) is 0 Å². The van der Waals surface area contributed by atoms with Gasteiger partial charge in [-0.2, -0.15) is 0 Å². The molecule has 1 N–H and O–H groups in total. The fourth-order valence-electron chi connectivity index (χ4n) is 2.81. The highest BCUT2D eigenvalue weighted by Crippen LogP contribution is 2.26. The van der Waals surface area contributed by atoms with Crippen LogP contribution in [0.25, 0.3) is 0 Å². The Morgan fingerprint density at radius 2 is 1.80 bits per heavy atom. The quantitative estimate of drug-likeness (QED) is 0.863. The molecule has 0 aromatic rings. The lowest BCUT2D eigenvalue weighted by molar-refractivity contribution is -0.147. The highest BCUT2D eigenvalue weighted by molar-refractivity contribution is 5.85. The van der Waals surface area contributed by atoms with E-state index in [1.807, 2.05) is 6.92 Å². The van der Waals surface area contributed by atoms with Gasteiger partial charge in [0.05, 0.1) is 0 Å². The molecule has 2 amide bonds. The molecular formula is C15H28N2O3. The van der Waals surface area contributed by atoms with E-state index in [0.29, 0.717) is 18.4 Å². The number of nitrogens with zero attached hydrogens (tertiary/aromatic N) is 2. The first kappa shape index (κ1) is 16.8. The van der Waals surface area contributed by atoms with Crippen molar-refractivity contribution >= 4 is 12.0 Å². The Balaban J connectivity index is 2.72. The summed E-state index contributed by atoms with van der Waals surface area (Å²) in [5.41, 5.74) is -1.17. The van der Waals surface area contributed by atoms with Gasteiger partial charge in [0, 0.05) is 19.6 Å². The zero-order valence-corrected chi connectivity index (χ0v) is 13.3. The Morgan fingerprint density at radius 1 is 1.30 bits per heavy atom. The van der Waals surface area contributed by atoms with E-state index in [4.69, 9.17) is 0 Å². The lowest BCUT2D eigenvalue weighted by atomic mass is 9.87. The zero-order valence-electron chi connectivity index (χ0n) is 13.3. The minimum atomic E-state index is -1.17. The summed E-state index contributed by atoms with van der Waals surface area (Å²) >= 11 is 0. The fourth-order valence-corrected chi connectivity index (χ4v) is 2.81. The predicted molar refractivity (Wildman–Crippen MR) is 78.6 cm³/mol. The predicted octanol–water partition coefficient (Wildman–Crippen LogP) is 2.66. The average molecular weight is 284 g/mol. The molecule has 0 saturated carbocycles. The lowest BCUT2D eigenvalue weighted by Gasteiger charge is -2.41. The minimum Gasteiger partial charge on any atom is -0.480 e. The highest BCUT2D eigenvalue weighted by Gasteiger charge is 2.39. The van der Waals surface area contributed by atoms with Crippen molar-refractivity contribution in [3.63, 3.8) is 0 Å². The summed E-state index contributed by atoms with van der Waals surface area (Å²) in [5, 5.41) is 9.29. The van der Waals surface area contributed by atoms with E-state index < -0.39 is 11.5 Å². The summed E-state index contributed by atoms with van der Waals surface area (Å²) in [5.74, 6) is 0.344. The number of carbonyl (C=O) groups excluding carboxylic acids is 1. The van der Waals surface area contributed by atoms with E-state index in [0.717, 1.165) is 25.9 Å². The van der Waals surface area contributed by atoms with Crippen LogP contribution in [-0.2, 0) is 4.79 Å². The van der Waals surface area contributed by atoms with Crippen LogP contribution < -0.4 is 0 Å². The number of aliphatic carboxylic acids is 1. The molecule has 1 rings (SSSR count). The molecule has 0 bridgehead atoms. The minimum absolute atomic E-state index is 0.151. The van der Waals surface area contributed by atoms with Crippen LogP contribution in [0.3, 0.4) is 0 Å². The van der Waals surface area contributed by atoms with Gasteiger partial charge in [-0.3, -0.25) is 0 Å². The topological polar surface area (TPSA) is 60.9 Å². The van der Waals surface area contributed by atoms with E-state index >= 15 is 0 Å². The van der Waals surface area contributed by atoms with Crippen LogP contribution in [0.4, 0.5) is 4.79 Å². The van der Waals surface area contributed by atoms with Crippen LogP contribution in [0.2, 0.25) is 0 Å². The molecule has 1 fully saturated rings. The van der Waals surface area contributed by atoms with Crippen molar-refractivity contribution in [3.8, 4) is 0 Å². The number of carboxylic acid groups (broad SMARTS) is 1. The number of urea groups is 1. The van der Waals surface area contributed by atoms with Crippen molar-refractivity contribution in [2.75, 3.05) is 19.6 Å². The van der Waals surface area contributed by atoms with E-state index in [1.165, 1.54) is 4.90 Å². The standard InChI is InChI=1S/C15H28N2O3/c1-6-17(15(4,5)13(18)19)14(20)16-9-7-12(8-10-16)11(2)3/h11-12H,6-10H2,1-5H3,(H,18,19). The maximum absolute atomic E-state index is 12.5. The third-order valence-corrected chi connectivity index (χ3v) is 4.50. The van der Waals surface area contributed by atoms with Crippen molar-refractivity contribution in [1.29, 1.82) is 0 Å². The van der Waals surface area contributed by atoms with Gasteiger partial charge >= 0.3 is 12.0 Å². The maximum atomic E-state index is 12.5. The SMILES string of the molecule is CCN(C(=O)N1CCC(C(C)C)CC1)C(C)(C)C(=O)O. The third kappa shape index (κ3) is 3.44. The monoisotopic (exact) mass is 284 g/mol. The van der Waals surface area contributed by atoms with E-state index in [1.54, 1.807) is 18.7 Å². The largest absolute Gasteiger partial charge is 0.480 e. The molecule has 5 nitrogen and oxygen atoms in total. The molecule has 20 heavy (non-hydrogen) atoms. The van der Waals surface area contributed by atoms with Gasteiger partial charge in [-0.1, -0.05) is 13.8 Å². The number of amides is 2. The van der Waals surface area contributed by atoms with Gasteiger partial charge < -0.3 is 14.9 Å². The van der Waals surface area contributed by atoms with Crippen molar-refractivity contribution in [3.05, 3.63) is 0 Å². The maximum Gasteiger partial charge on any atom is 0.329 e. The number of likely N-dealkylation sites (N-methyl/N-ethyl adjacent to an activating group) is 1. The third-order valence-electron chi connectivity index (χ3n) is 4.50. The first-order valence-corrected chi connectivity index (χ1v) is 7.51. The first-order chi connectivity index (χ1) is 9.21. The van der Waals surface area contributed by atoms with Gasteiger partial charge in [-0.05, 0) is 45.4 Å². The number of rotatable bonds is 4. The molecule has 1 saturated heterocycles. The molecule has 1 aliphatic rings. The molecule has 0 radical (unpaired) electrons. The molecular weight excluding hydrogens is 256 g/mol. The van der Waals surface area contributed by atoms with Crippen LogP contribution >= 0.6 is 0 Å². The lowest BCUT2D eigenvalue weighted by Crippen LogP contribution is -2.58. The Morgan fingerprint density at radius 3 is 2.15 bits per heavy atom. The van der Waals surface area contributed by atoms with Gasteiger partial charge in [0.15, 0.2) is 0 Å². The molecule has 1 heterocycles. The molecule has 0 atom stereocenters. The summed E-state index contributed by atoms with van der Waals surface area (Å²) < 4.78 is 0. The highest BCUT2D eigenvalue weighted by atomic mass is 16.4. The summed E-state index contributed by atoms with van der Waals surface area (Å²) in [6, 6.07) is -0.151. The molecule has 0 aromatic carbocycles. The summed E-state index contributed by atoms with van der Waals surface area (Å²) in [7, 11) is 0. The van der Waals surface area contributed by atoms with Crippen LogP contribution in [0, 0.1) is 11.8 Å². The first-order valence-electron chi connectivity index (χ1n) is 7.51. The number of piperidine rings is 1. The number of likely N-dealkylation sites (tertiary alicyclic amines) is 1. The Hall–Kier alpha value is -1.26. The molecule has 0 spiro atoms. The molecule has 116 valence electrons. The van der Waals surface area contributed by atoms with E-state index in [-0.39, 0.29) is 6.03 Å². The molecule has 0 unspecified atom stereocenters. The number of hydrogen-bond donors (Lipinski definition) is 1. The molecule has 0 aliphatic carbocycles. The normalized spacial score (nSPS) is 17.4. The Labute approximate surface area is 121 Å². The summed E-state index contributed by atoms with van der Waals surface area (Å²) in [6.07, 6.45) is 2.02. The van der Waals surface area contributed by atoms with Gasteiger partial charge in [0.25, 0.3) is 0 Å². The van der Waals surface area contributed by atoms with E-state index in [9.17, 15) is 14.7 Å². The van der Waals surface area contributed by atoms with Crippen LogP contribution in [-0.4, -0.2) is 52.1 Å². The average Bonchev–Trinajstić information content (AvgIpc) is 2.39. The smallest absolute Gasteiger partial charge is 0.329 e. The van der Waals surface area contributed by atoms with Crippen molar-refractivity contribution in [2.24, 2.45) is 11.8 Å². The Kier molecular flexibility index (Phi) is 5.42. The summed E-state index contributed by atoms with van der Waals surface area (Å²) in [6.45, 7) is 11.3. The van der Waals surface area contributed by atoms with Gasteiger partial charge in [-0.15, -0.1) is 0 Å². The fraction of sp³-hybridized carbons (Fsp3) is 0.867. The molecule has 1 aliphatic heterocycles. The van der Waals surface area contributed by atoms with Crippen molar-refractivity contribution in [1.82, 2.24) is 9.80 Å². The number of carboxylic acids is 1. The number of carbonyl (C=O) groups is 2. The Bertz CT molecular complexity index is 358. The van der Waals surface area contributed by atoms with Gasteiger partial charge in [0.1, 0.15) is 5.54 Å². The molecule has 5 heteroatoms. The van der Waals surface area contributed by atoms with Gasteiger partial charge in [-0.25, -0.2) is 9.59 Å². The van der Waals surface area contributed by atoms with Crippen molar-refractivity contribution < 1.29 is 14.7 Å². The second kappa shape index (κ2) is 6.46. The van der Waals surface area contributed by atoms with Crippen LogP contribution in [0.1, 0.15) is 47.5 Å². The van der Waals surface area contributed by atoms with Crippen molar-refractivity contribution in [2.45, 2.75) is 53.0 Å². The second-order valence-electron chi connectivity index (χ2n) is 6.46. The van der Waals surface area contributed by atoms with Crippen LogP contribution in [0.15, 0.2) is 0 Å². The van der Waals surface area contributed by atoms with E-state index in [2.05, 4.69) is 13.8 Å². The molecule has 0 aromatic heterocycles. The second-order valence-corrected chi connectivity index (χ2v) is 6.46. The zero-order chi connectivity index (χ0) is 15.5.